The largest absolute Gasteiger partial charge is 0.488 e. The molecule has 0 bridgehead atoms. The molecule has 1 heterocycles. The van der Waals surface area contributed by atoms with Crippen molar-refractivity contribution in [1.29, 1.82) is 0 Å². The second-order valence-corrected chi connectivity index (χ2v) is 6.93. The fraction of sp³-hybridized carbons (Fsp3) is 0.375. The molecule has 0 amide bonds. The molecule has 0 aliphatic rings. The minimum absolute atomic E-state index is 0.0454. The standard InChI is InChI=1S/C16H20ClNOS/c1-16(2,3)18-9-13-14(17)5-4-6-15(13)19-10-12-7-8-20-11-12/h4-8,11,18H,9-10H2,1-3H3. The van der Waals surface area contributed by atoms with Crippen molar-refractivity contribution in [3.63, 3.8) is 0 Å². The molecule has 1 aromatic heterocycles. The number of ether oxygens (including phenoxy) is 1. The zero-order valence-electron chi connectivity index (χ0n) is 12.1. The van der Waals surface area contributed by atoms with Crippen molar-refractivity contribution in [1.82, 2.24) is 5.32 Å². The summed E-state index contributed by atoms with van der Waals surface area (Å²) < 4.78 is 5.91. The van der Waals surface area contributed by atoms with Gasteiger partial charge in [-0.25, -0.2) is 0 Å². The third kappa shape index (κ3) is 4.51. The fourth-order valence-electron chi connectivity index (χ4n) is 1.74. The Morgan fingerprint density at radius 1 is 1.25 bits per heavy atom. The summed E-state index contributed by atoms with van der Waals surface area (Å²) in [6.07, 6.45) is 0. The Morgan fingerprint density at radius 2 is 2.05 bits per heavy atom. The average molecular weight is 310 g/mol. The number of hydrogen-bond donors (Lipinski definition) is 1. The maximum absolute atomic E-state index is 6.30. The Morgan fingerprint density at radius 3 is 2.70 bits per heavy atom. The highest BCUT2D eigenvalue weighted by molar-refractivity contribution is 7.07. The highest BCUT2D eigenvalue weighted by Gasteiger charge is 2.13. The van der Waals surface area contributed by atoms with E-state index >= 15 is 0 Å². The predicted octanol–water partition coefficient (Wildman–Crippen LogP) is 4.87. The van der Waals surface area contributed by atoms with Crippen molar-refractivity contribution in [2.45, 2.75) is 39.5 Å². The summed E-state index contributed by atoms with van der Waals surface area (Å²) in [7, 11) is 0. The van der Waals surface area contributed by atoms with E-state index in [0.717, 1.165) is 16.3 Å². The van der Waals surface area contributed by atoms with Gasteiger partial charge in [0.1, 0.15) is 12.4 Å². The normalized spacial score (nSPS) is 11.6. The van der Waals surface area contributed by atoms with Crippen molar-refractivity contribution in [2.75, 3.05) is 0 Å². The van der Waals surface area contributed by atoms with Gasteiger partial charge in [-0.1, -0.05) is 17.7 Å². The van der Waals surface area contributed by atoms with Crippen molar-refractivity contribution < 1.29 is 4.74 Å². The summed E-state index contributed by atoms with van der Waals surface area (Å²) in [6, 6.07) is 7.87. The lowest BCUT2D eigenvalue weighted by molar-refractivity contribution is 0.300. The SMILES string of the molecule is CC(C)(C)NCc1c(Cl)cccc1OCc1ccsc1. The summed E-state index contributed by atoms with van der Waals surface area (Å²) in [5, 5.41) is 8.34. The van der Waals surface area contributed by atoms with Crippen LogP contribution in [-0.2, 0) is 13.2 Å². The van der Waals surface area contributed by atoms with E-state index in [1.807, 2.05) is 18.2 Å². The van der Waals surface area contributed by atoms with E-state index in [4.69, 9.17) is 16.3 Å². The molecule has 0 aliphatic heterocycles. The highest BCUT2D eigenvalue weighted by Crippen LogP contribution is 2.27. The fourth-order valence-corrected chi connectivity index (χ4v) is 2.62. The molecule has 4 heteroatoms. The lowest BCUT2D eigenvalue weighted by Gasteiger charge is -2.22. The van der Waals surface area contributed by atoms with E-state index < -0.39 is 0 Å². The van der Waals surface area contributed by atoms with Crippen LogP contribution in [0.1, 0.15) is 31.9 Å². The first-order chi connectivity index (χ1) is 9.46. The molecule has 0 aliphatic carbocycles. The van der Waals surface area contributed by atoms with Gasteiger partial charge in [0.2, 0.25) is 0 Å². The second-order valence-electron chi connectivity index (χ2n) is 5.74. The monoisotopic (exact) mass is 309 g/mol. The molecule has 20 heavy (non-hydrogen) atoms. The summed E-state index contributed by atoms with van der Waals surface area (Å²) in [5.74, 6) is 0.848. The zero-order valence-corrected chi connectivity index (χ0v) is 13.6. The zero-order chi connectivity index (χ0) is 14.6. The Balaban J connectivity index is 2.09. The third-order valence-corrected chi connectivity index (χ3v) is 3.93. The first-order valence-electron chi connectivity index (χ1n) is 6.62. The topological polar surface area (TPSA) is 21.3 Å². The molecular weight excluding hydrogens is 290 g/mol. The van der Waals surface area contributed by atoms with Crippen molar-refractivity contribution in [3.05, 3.63) is 51.2 Å². The molecule has 2 nitrogen and oxygen atoms in total. The Labute approximate surface area is 129 Å². The van der Waals surface area contributed by atoms with Gasteiger partial charge in [-0.05, 0) is 55.3 Å². The Hall–Kier alpha value is -1.03. The minimum atomic E-state index is 0.0454. The summed E-state index contributed by atoms with van der Waals surface area (Å²) in [5.41, 5.74) is 2.24. The predicted molar refractivity (Wildman–Crippen MR) is 86.7 cm³/mol. The molecule has 0 saturated carbocycles. The molecule has 108 valence electrons. The molecule has 1 aromatic carbocycles. The number of benzene rings is 1. The minimum Gasteiger partial charge on any atom is -0.488 e. The van der Waals surface area contributed by atoms with Crippen molar-refractivity contribution >= 4 is 22.9 Å². The average Bonchev–Trinajstić information content (AvgIpc) is 2.87. The molecule has 1 N–H and O–H groups in total. The first-order valence-corrected chi connectivity index (χ1v) is 7.94. The molecule has 0 unspecified atom stereocenters. The van der Waals surface area contributed by atoms with Crippen molar-refractivity contribution in [3.8, 4) is 5.75 Å². The van der Waals surface area contributed by atoms with E-state index in [0.29, 0.717) is 13.2 Å². The lowest BCUT2D eigenvalue weighted by Crippen LogP contribution is -2.35. The van der Waals surface area contributed by atoms with Crippen LogP contribution in [0.5, 0.6) is 5.75 Å². The molecular formula is C16H20ClNOS. The van der Waals surface area contributed by atoms with E-state index in [9.17, 15) is 0 Å². The van der Waals surface area contributed by atoms with Gasteiger partial charge >= 0.3 is 0 Å². The van der Waals surface area contributed by atoms with Gasteiger partial charge < -0.3 is 10.1 Å². The number of thiophene rings is 1. The van der Waals surface area contributed by atoms with Crippen LogP contribution in [0, 0.1) is 0 Å². The van der Waals surface area contributed by atoms with E-state index in [1.165, 1.54) is 5.56 Å². The Bertz CT molecular complexity index is 546. The number of halogens is 1. The van der Waals surface area contributed by atoms with Crippen LogP contribution in [0.3, 0.4) is 0 Å². The van der Waals surface area contributed by atoms with Gasteiger partial charge in [0, 0.05) is 22.7 Å². The molecule has 0 atom stereocenters. The van der Waals surface area contributed by atoms with Crippen LogP contribution in [-0.4, -0.2) is 5.54 Å². The highest BCUT2D eigenvalue weighted by atomic mass is 35.5. The van der Waals surface area contributed by atoms with E-state index in [-0.39, 0.29) is 5.54 Å². The van der Waals surface area contributed by atoms with Crippen LogP contribution in [0.15, 0.2) is 35.0 Å². The summed E-state index contributed by atoms with van der Waals surface area (Å²) in [4.78, 5) is 0. The maximum Gasteiger partial charge on any atom is 0.125 e. The molecule has 2 rings (SSSR count). The number of hydrogen-bond acceptors (Lipinski definition) is 3. The van der Waals surface area contributed by atoms with Gasteiger partial charge in [-0.3, -0.25) is 0 Å². The van der Waals surface area contributed by atoms with Gasteiger partial charge in [0.15, 0.2) is 0 Å². The molecule has 0 radical (unpaired) electrons. The van der Waals surface area contributed by atoms with Gasteiger partial charge in [-0.2, -0.15) is 11.3 Å². The number of nitrogens with one attached hydrogen (secondary N) is 1. The van der Waals surface area contributed by atoms with Crippen LogP contribution in [0.2, 0.25) is 5.02 Å². The molecule has 2 aromatic rings. The first kappa shape index (κ1) is 15.4. The second kappa shape index (κ2) is 6.61. The van der Waals surface area contributed by atoms with Gasteiger partial charge in [-0.15, -0.1) is 0 Å². The van der Waals surface area contributed by atoms with Crippen LogP contribution >= 0.6 is 22.9 Å². The molecule has 0 saturated heterocycles. The quantitative estimate of drug-likeness (QED) is 0.851. The van der Waals surface area contributed by atoms with Gasteiger partial charge in [0.25, 0.3) is 0 Å². The maximum atomic E-state index is 6.30. The van der Waals surface area contributed by atoms with E-state index in [2.05, 4.69) is 42.9 Å². The lowest BCUT2D eigenvalue weighted by atomic mass is 10.1. The third-order valence-electron chi connectivity index (χ3n) is 2.85. The van der Waals surface area contributed by atoms with E-state index in [1.54, 1.807) is 11.3 Å². The number of rotatable bonds is 5. The smallest absolute Gasteiger partial charge is 0.125 e. The van der Waals surface area contributed by atoms with Crippen LogP contribution in [0.25, 0.3) is 0 Å². The summed E-state index contributed by atoms with van der Waals surface area (Å²) >= 11 is 7.98. The summed E-state index contributed by atoms with van der Waals surface area (Å²) in [6.45, 7) is 7.68. The Kier molecular flexibility index (Phi) is 5.08. The van der Waals surface area contributed by atoms with Crippen LogP contribution < -0.4 is 10.1 Å². The van der Waals surface area contributed by atoms with Gasteiger partial charge in [0.05, 0.1) is 0 Å². The van der Waals surface area contributed by atoms with Crippen molar-refractivity contribution in [2.24, 2.45) is 0 Å². The molecule has 0 spiro atoms. The van der Waals surface area contributed by atoms with Crippen LogP contribution in [0.4, 0.5) is 0 Å². The molecule has 0 fully saturated rings.